The van der Waals surface area contributed by atoms with Crippen molar-refractivity contribution in [2.75, 3.05) is 18.5 Å². The number of ether oxygens (including phenoxy) is 1. The van der Waals surface area contributed by atoms with Crippen molar-refractivity contribution in [2.24, 2.45) is 0 Å². The van der Waals surface area contributed by atoms with Gasteiger partial charge in [-0.05, 0) is 31.0 Å². The average Bonchev–Trinajstić information content (AvgIpc) is 2.53. The SMILES string of the molecule is Cc1ccc2c(c1)C(CNc1cnccc1C(=O)O)CCO2. The van der Waals surface area contributed by atoms with Crippen molar-refractivity contribution in [3.63, 3.8) is 0 Å². The van der Waals surface area contributed by atoms with E-state index in [1.165, 1.54) is 23.4 Å². The Hall–Kier alpha value is -2.56. The molecule has 5 heteroatoms. The Morgan fingerprint density at radius 1 is 1.45 bits per heavy atom. The molecule has 0 bridgehead atoms. The highest BCUT2D eigenvalue weighted by Crippen LogP contribution is 2.34. The zero-order valence-electron chi connectivity index (χ0n) is 12.4. The van der Waals surface area contributed by atoms with Crippen LogP contribution in [0, 0.1) is 6.92 Å². The molecular weight excluding hydrogens is 280 g/mol. The van der Waals surface area contributed by atoms with Gasteiger partial charge in [-0.1, -0.05) is 17.7 Å². The number of rotatable bonds is 4. The Bertz CT molecular complexity index is 700. The van der Waals surface area contributed by atoms with E-state index < -0.39 is 5.97 Å². The van der Waals surface area contributed by atoms with E-state index in [2.05, 4.69) is 23.3 Å². The second kappa shape index (κ2) is 6.05. The van der Waals surface area contributed by atoms with Crippen molar-refractivity contribution in [1.82, 2.24) is 4.98 Å². The van der Waals surface area contributed by atoms with Crippen LogP contribution in [0.1, 0.15) is 33.8 Å². The molecule has 0 spiro atoms. The van der Waals surface area contributed by atoms with Gasteiger partial charge < -0.3 is 15.2 Å². The molecule has 0 fully saturated rings. The maximum atomic E-state index is 11.2. The number of fused-ring (bicyclic) bond motifs is 1. The maximum absolute atomic E-state index is 11.2. The molecule has 114 valence electrons. The minimum Gasteiger partial charge on any atom is -0.493 e. The van der Waals surface area contributed by atoms with Gasteiger partial charge in [-0.2, -0.15) is 0 Å². The third-order valence-corrected chi connectivity index (χ3v) is 3.92. The first-order chi connectivity index (χ1) is 10.6. The first-order valence-electron chi connectivity index (χ1n) is 7.29. The van der Waals surface area contributed by atoms with Crippen LogP contribution in [0.3, 0.4) is 0 Å². The van der Waals surface area contributed by atoms with E-state index >= 15 is 0 Å². The lowest BCUT2D eigenvalue weighted by atomic mass is 9.91. The number of aromatic carboxylic acids is 1. The monoisotopic (exact) mass is 298 g/mol. The fourth-order valence-electron chi connectivity index (χ4n) is 2.75. The molecule has 1 aromatic heterocycles. The van der Waals surface area contributed by atoms with E-state index in [0.717, 1.165) is 12.2 Å². The van der Waals surface area contributed by atoms with E-state index in [1.54, 1.807) is 6.20 Å². The molecule has 0 saturated heterocycles. The molecule has 0 amide bonds. The third-order valence-electron chi connectivity index (χ3n) is 3.92. The Morgan fingerprint density at radius 2 is 2.32 bits per heavy atom. The minimum absolute atomic E-state index is 0.242. The van der Waals surface area contributed by atoms with Crippen molar-refractivity contribution in [3.8, 4) is 5.75 Å². The quantitative estimate of drug-likeness (QED) is 0.907. The summed E-state index contributed by atoms with van der Waals surface area (Å²) in [4.78, 5) is 15.2. The lowest BCUT2D eigenvalue weighted by Gasteiger charge is -2.27. The lowest BCUT2D eigenvalue weighted by Crippen LogP contribution is -2.21. The third kappa shape index (κ3) is 2.88. The summed E-state index contributed by atoms with van der Waals surface area (Å²) in [5.74, 6) is 0.270. The van der Waals surface area contributed by atoms with Gasteiger partial charge in [-0.25, -0.2) is 4.79 Å². The normalized spacial score (nSPS) is 16.5. The van der Waals surface area contributed by atoms with Gasteiger partial charge in [-0.3, -0.25) is 4.98 Å². The number of aromatic nitrogens is 1. The predicted octanol–water partition coefficient (Wildman–Crippen LogP) is 3.07. The summed E-state index contributed by atoms with van der Waals surface area (Å²) in [7, 11) is 0. The summed E-state index contributed by atoms with van der Waals surface area (Å²) >= 11 is 0. The van der Waals surface area contributed by atoms with E-state index in [0.29, 0.717) is 24.8 Å². The van der Waals surface area contributed by atoms with Crippen LogP contribution in [0.5, 0.6) is 5.75 Å². The summed E-state index contributed by atoms with van der Waals surface area (Å²) in [6.07, 6.45) is 3.95. The largest absolute Gasteiger partial charge is 0.493 e. The van der Waals surface area contributed by atoms with Crippen molar-refractivity contribution in [2.45, 2.75) is 19.3 Å². The molecule has 1 unspecified atom stereocenters. The minimum atomic E-state index is -0.951. The molecule has 0 saturated carbocycles. The summed E-state index contributed by atoms with van der Waals surface area (Å²) < 4.78 is 5.69. The van der Waals surface area contributed by atoms with Crippen molar-refractivity contribution >= 4 is 11.7 Å². The zero-order chi connectivity index (χ0) is 15.5. The Labute approximate surface area is 129 Å². The Balaban J connectivity index is 1.79. The molecule has 3 rings (SSSR count). The number of nitrogens with zero attached hydrogens (tertiary/aromatic N) is 1. The molecule has 2 aromatic rings. The van der Waals surface area contributed by atoms with Crippen LogP contribution >= 0.6 is 0 Å². The van der Waals surface area contributed by atoms with Crippen LogP contribution < -0.4 is 10.1 Å². The van der Waals surface area contributed by atoms with E-state index in [4.69, 9.17) is 4.74 Å². The lowest BCUT2D eigenvalue weighted by molar-refractivity contribution is 0.0697. The van der Waals surface area contributed by atoms with Gasteiger partial charge in [0.2, 0.25) is 0 Å². The van der Waals surface area contributed by atoms with Crippen LogP contribution in [0.2, 0.25) is 0 Å². The Morgan fingerprint density at radius 3 is 3.14 bits per heavy atom. The highest BCUT2D eigenvalue weighted by atomic mass is 16.5. The van der Waals surface area contributed by atoms with Crippen molar-refractivity contribution in [3.05, 3.63) is 53.3 Å². The molecule has 1 atom stereocenters. The highest BCUT2D eigenvalue weighted by molar-refractivity contribution is 5.93. The van der Waals surface area contributed by atoms with Crippen LogP contribution in [0.4, 0.5) is 5.69 Å². The van der Waals surface area contributed by atoms with Crippen molar-refractivity contribution < 1.29 is 14.6 Å². The molecule has 2 N–H and O–H groups in total. The van der Waals surface area contributed by atoms with Crippen LogP contribution in [-0.2, 0) is 0 Å². The van der Waals surface area contributed by atoms with Gasteiger partial charge in [0, 0.05) is 18.7 Å². The van der Waals surface area contributed by atoms with Gasteiger partial charge in [0.1, 0.15) is 5.75 Å². The number of hydrogen-bond acceptors (Lipinski definition) is 4. The number of anilines is 1. The Kier molecular flexibility index (Phi) is 3.96. The standard InChI is InChI=1S/C17H18N2O3/c1-11-2-3-16-14(8-11)12(5-7-22-16)9-19-15-10-18-6-4-13(15)17(20)21/h2-4,6,8,10,12,19H,5,7,9H2,1H3,(H,20,21). The van der Waals surface area contributed by atoms with Crippen molar-refractivity contribution in [1.29, 1.82) is 0 Å². The number of benzene rings is 1. The van der Waals surface area contributed by atoms with Crippen LogP contribution in [-0.4, -0.2) is 29.2 Å². The number of pyridine rings is 1. The van der Waals surface area contributed by atoms with E-state index in [-0.39, 0.29) is 5.56 Å². The molecule has 22 heavy (non-hydrogen) atoms. The van der Waals surface area contributed by atoms with Gasteiger partial charge in [0.05, 0.1) is 24.1 Å². The number of carboxylic acids is 1. The predicted molar refractivity (Wildman–Crippen MR) is 83.7 cm³/mol. The number of carboxylic acid groups (broad SMARTS) is 1. The van der Waals surface area contributed by atoms with Gasteiger partial charge >= 0.3 is 5.97 Å². The topological polar surface area (TPSA) is 71.5 Å². The first-order valence-corrected chi connectivity index (χ1v) is 7.29. The molecule has 2 heterocycles. The molecule has 0 radical (unpaired) electrons. The smallest absolute Gasteiger partial charge is 0.337 e. The molecule has 0 aliphatic carbocycles. The van der Waals surface area contributed by atoms with Gasteiger partial charge in [0.25, 0.3) is 0 Å². The van der Waals surface area contributed by atoms with Gasteiger partial charge in [-0.15, -0.1) is 0 Å². The highest BCUT2D eigenvalue weighted by Gasteiger charge is 2.22. The second-order valence-electron chi connectivity index (χ2n) is 5.48. The average molecular weight is 298 g/mol. The molecule has 5 nitrogen and oxygen atoms in total. The summed E-state index contributed by atoms with van der Waals surface area (Å²) in [5.41, 5.74) is 3.17. The maximum Gasteiger partial charge on any atom is 0.337 e. The fourth-order valence-corrected chi connectivity index (χ4v) is 2.75. The molecule has 1 aromatic carbocycles. The first kappa shape index (κ1) is 14.4. The fraction of sp³-hybridized carbons (Fsp3) is 0.294. The summed E-state index contributed by atoms with van der Waals surface area (Å²) in [6, 6.07) is 7.69. The number of aryl methyl sites for hydroxylation is 1. The number of nitrogens with one attached hydrogen (secondary N) is 1. The summed E-state index contributed by atoms with van der Waals surface area (Å²) in [6.45, 7) is 3.40. The molecule has 1 aliphatic heterocycles. The molecule has 1 aliphatic rings. The summed E-state index contributed by atoms with van der Waals surface area (Å²) in [5, 5.41) is 12.4. The van der Waals surface area contributed by atoms with E-state index in [1.807, 2.05) is 12.1 Å². The van der Waals surface area contributed by atoms with Crippen LogP contribution in [0.15, 0.2) is 36.7 Å². The number of carbonyl (C=O) groups is 1. The van der Waals surface area contributed by atoms with E-state index in [9.17, 15) is 9.90 Å². The second-order valence-corrected chi connectivity index (χ2v) is 5.48. The van der Waals surface area contributed by atoms with Crippen LogP contribution in [0.25, 0.3) is 0 Å². The number of hydrogen-bond donors (Lipinski definition) is 2. The van der Waals surface area contributed by atoms with Gasteiger partial charge in [0.15, 0.2) is 0 Å². The zero-order valence-corrected chi connectivity index (χ0v) is 12.4. The molecular formula is C17H18N2O3.